The van der Waals surface area contributed by atoms with Crippen molar-refractivity contribution in [3.05, 3.63) is 101 Å². The van der Waals surface area contributed by atoms with Gasteiger partial charge in [0.05, 0.1) is 16.8 Å². The highest BCUT2D eigenvalue weighted by Gasteiger charge is 2.08. The standard InChI is InChI=1S/C25H21NO4/c1-17-13-18(9-12-23(17)25(27)28)15-29-21-6-4-7-22(14-21)30-16-20-11-10-19-5-2-3-8-24(19)26-20/h2-14H,15-16H2,1H3,(H,27,28). The van der Waals surface area contributed by atoms with Crippen LogP contribution in [0.3, 0.4) is 0 Å². The number of hydrogen-bond donors (Lipinski definition) is 1. The van der Waals surface area contributed by atoms with E-state index in [9.17, 15) is 4.79 Å². The van der Waals surface area contributed by atoms with Crippen molar-refractivity contribution in [1.29, 1.82) is 0 Å². The van der Waals surface area contributed by atoms with Crippen LogP contribution >= 0.6 is 0 Å². The number of nitrogens with zero attached hydrogens (tertiary/aromatic N) is 1. The number of carboxylic acid groups (broad SMARTS) is 1. The van der Waals surface area contributed by atoms with Gasteiger partial charge in [-0.3, -0.25) is 0 Å². The summed E-state index contributed by atoms with van der Waals surface area (Å²) in [5, 5.41) is 10.2. The lowest BCUT2D eigenvalue weighted by Gasteiger charge is -2.11. The Kier molecular flexibility index (Phi) is 5.61. The molecular weight excluding hydrogens is 378 g/mol. The first kappa shape index (κ1) is 19.5. The maximum Gasteiger partial charge on any atom is 0.335 e. The molecule has 3 aromatic carbocycles. The van der Waals surface area contributed by atoms with Gasteiger partial charge >= 0.3 is 5.97 Å². The van der Waals surface area contributed by atoms with Crippen molar-refractivity contribution in [3.63, 3.8) is 0 Å². The molecule has 0 saturated heterocycles. The molecule has 1 heterocycles. The third-order valence-corrected chi connectivity index (χ3v) is 4.78. The molecule has 0 fully saturated rings. The molecule has 4 rings (SSSR count). The van der Waals surface area contributed by atoms with Gasteiger partial charge in [0, 0.05) is 11.5 Å². The molecule has 0 aliphatic rings. The van der Waals surface area contributed by atoms with Gasteiger partial charge in [-0.1, -0.05) is 42.5 Å². The zero-order valence-corrected chi connectivity index (χ0v) is 16.5. The number of rotatable bonds is 7. The number of carbonyl (C=O) groups is 1. The van der Waals surface area contributed by atoms with Crippen LogP contribution in [-0.2, 0) is 13.2 Å². The summed E-state index contributed by atoms with van der Waals surface area (Å²) in [6, 6.07) is 24.6. The Hall–Kier alpha value is -3.86. The average Bonchev–Trinajstić information content (AvgIpc) is 2.76. The van der Waals surface area contributed by atoms with Gasteiger partial charge in [0.1, 0.15) is 24.7 Å². The number of aryl methyl sites for hydroxylation is 1. The number of hydrogen-bond acceptors (Lipinski definition) is 4. The summed E-state index contributed by atoms with van der Waals surface area (Å²) < 4.78 is 11.7. The van der Waals surface area contributed by atoms with Crippen molar-refractivity contribution in [1.82, 2.24) is 4.98 Å². The number of para-hydroxylation sites is 1. The number of aromatic nitrogens is 1. The van der Waals surface area contributed by atoms with E-state index in [-0.39, 0.29) is 0 Å². The van der Waals surface area contributed by atoms with Gasteiger partial charge in [-0.05, 0) is 48.4 Å². The molecule has 4 aromatic rings. The van der Waals surface area contributed by atoms with E-state index >= 15 is 0 Å². The molecule has 5 heteroatoms. The van der Waals surface area contributed by atoms with Crippen LogP contribution in [0.5, 0.6) is 11.5 Å². The summed E-state index contributed by atoms with van der Waals surface area (Å²) in [6.45, 7) is 2.49. The predicted molar refractivity (Wildman–Crippen MR) is 115 cm³/mol. The van der Waals surface area contributed by atoms with Crippen molar-refractivity contribution in [2.45, 2.75) is 20.1 Å². The van der Waals surface area contributed by atoms with E-state index in [0.29, 0.717) is 35.8 Å². The maximum absolute atomic E-state index is 11.1. The van der Waals surface area contributed by atoms with Crippen molar-refractivity contribution in [2.24, 2.45) is 0 Å². The summed E-state index contributed by atoms with van der Waals surface area (Å²) >= 11 is 0. The lowest BCUT2D eigenvalue weighted by atomic mass is 10.1. The van der Waals surface area contributed by atoms with Crippen molar-refractivity contribution in [2.75, 3.05) is 0 Å². The van der Waals surface area contributed by atoms with Crippen LogP contribution in [0.15, 0.2) is 78.9 Å². The quantitative estimate of drug-likeness (QED) is 0.451. The van der Waals surface area contributed by atoms with Gasteiger partial charge < -0.3 is 14.6 Å². The van der Waals surface area contributed by atoms with Crippen LogP contribution in [0.1, 0.15) is 27.2 Å². The molecule has 0 spiro atoms. The molecule has 1 N–H and O–H groups in total. The van der Waals surface area contributed by atoms with Gasteiger partial charge in [0.25, 0.3) is 0 Å². The zero-order valence-electron chi connectivity index (χ0n) is 16.5. The highest BCUT2D eigenvalue weighted by Crippen LogP contribution is 2.22. The van der Waals surface area contributed by atoms with Crippen LogP contribution in [-0.4, -0.2) is 16.1 Å². The molecular formula is C25H21NO4. The number of benzene rings is 3. The predicted octanol–water partition coefficient (Wildman–Crippen LogP) is 5.40. The molecule has 30 heavy (non-hydrogen) atoms. The number of ether oxygens (including phenoxy) is 2. The van der Waals surface area contributed by atoms with Crippen LogP contribution in [0.2, 0.25) is 0 Å². The fourth-order valence-corrected chi connectivity index (χ4v) is 3.22. The summed E-state index contributed by atoms with van der Waals surface area (Å²) in [5.41, 5.74) is 3.72. The average molecular weight is 399 g/mol. The first-order valence-corrected chi connectivity index (χ1v) is 9.62. The van der Waals surface area contributed by atoms with E-state index in [0.717, 1.165) is 22.2 Å². The molecule has 150 valence electrons. The Balaban J connectivity index is 1.38. The van der Waals surface area contributed by atoms with Gasteiger partial charge in [-0.15, -0.1) is 0 Å². The zero-order chi connectivity index (χ0) is 20.9. The van der Waals surface area contributed by atoms with E-state index < -0.39 is 5.97 Å². The normalized spacial score (nSPS) is 10.7. The van der Waals surface area contributed by atoms with E-state index in [1.807, 2.05) is 66.7 Å². The van der Waals surface area contributed by atoms with Crippen LogP contribution in [0.4, 0.5) is 0 Å². The fourth-order valence-electron chi connectivity index (χ4n) is 3.22. The van der Waals surface area contributed by atoms with E-state index in [1.54, 1.807) is 19.1 Å². The van der Waals surface area contributed by atoms with E-state index in [1.165, 1.54) is 0 Å². The second-order valence-corrected chi connectivity index (χ2v) is 7.00. The third kappa shape index (κ3) is 4.58. The first-order valence-electron chi connectivity index (χ1n) is 9.62. The van der Waals surface area contributed by atoms with Crippen LogP contribution < -0.4 is 9.47 Å². The molecule has 0 amide bonds. The van der Waals surface area contributed by atoms with Crippen molar-refractivity contribution in [3.8, 4) is 11.5 Å². The number of pyridine rings is 1. The Morgan fingerprint density at radius 1 is 0.867 bits per heavy atom. The van der Waals surface area contributed by atoms with Crippen molar-refractivity contribution < 1.29 is 19.4 Å². The highest BCUT2D eigenvalue weighted by atomic mass is 16.5. The smallest absolute Gasteiger partial charge is 0.335 e. The Labute approximate surface area is 174 Å². The molecule has 0 saturated carbocycles. The van der Waals surface area contributed by atoms with Gasteiger partial charge in [0.15, 0.2) is 0 Å². The second kappa shape index (κ2) is 8.66. The second-order valence-electron chi connectivity index (χ2n) is 7.00. The van der Waals surface area contributed by atoms with E-state index in [2.05, 4.69) is 4.98 Å². The third-order valence-electron chi connectivity index (χ3n) is 4.78. The Bertz CT molecular complexity index is 1200. The molecule has 1 aromatic heterocycles. The van der Waals surface area contributed by atoms with Crippen LogP contribution in [0.25, 0.3) is 10.9 Å². The van der Waals surface area contributed by atoms with Crippen molar-refractivity contribution >= 4 is 16.9 Å². The topological polar surface area (TPSA) is 68.7 Å². The summed E-state index contributed by atoms with van der Waals surface area (Å²) in [7, 11) is 0. The lowest BCUT2D eigenvalue weighted by Crippen LogP contribution is -2.02. The molecule has 0 bridgehead atoms. The lowest BCUT2D eigenvalue weighted by molar-refractivity contribution is 0.0696. The summed E-state index contributed by atoms with van der Waals surface area (Å²) in [5.74, 6) is 0.449. The minimum absolute atomic E-state index is 0.302. The van der Waals surface area contributed by atoms with Gasteiger partial charge in [0.2, 0.25) is 0 Å². The highest BCUT2D eigenvalue weighted by molar-refractivity contribution is 5.89. The van der Waals surface area contributed by atoms with Crippen LogP contribution in [0, 0.1) is 6.92 Å². The molecule has 0 aliphatic heterocycles. The minimum Gasteiger partial charge on any atom is -0.489 e. The molecule has 5 nitrogen and oxygen atoms in total. The summed E-state index contributed by atoms with van der Waals surface area (Å²) in [4.78, 5) is 15.7. The largest absolute Gasteiger partial charge is 0.489 e. The van der Waals surface area contributed by atoms with Gasteiger partial charge in [-0.2, -0.15) is 0 Å². The Morgan fingerprint density at radius 3 is 2.40 bits per heavy atom. The number of carboxylic acids is 1. The first-order chi connectivity index (χ1) is 14.6. The van der Waals surface area contributed by atoms with Gasteiger partial charge in [-0.25, -0.2) is 9.78 Å². The minimum atomic E-state index is -0.925. The number of aromatic carboxylic acids is 1. The SMILES string of the molecule is Cc1cc(COc2cccc(OCc3ccc4ccccc4n3)c2)ccc1C(=O)O. The van der Waals surface area contributed by atoms with E-state index in [4.69, 9.17) is 14.6 Å². The maximum atomic E-state index is 11.1. The fraction of sp³-hybridized carbons (Fsp3) is 0.120. The monoisotopic (exact) mass is 399 g/mol. The number of fused-ring (bicyclic) bond motifs is 1. The molecule has 0 unspecified atom stereocenters. The molecule has 0 atom stereocenters. The molecule has 0 aliphatic carbocycles. The Morgan fingerprint density at radius 2 is 1.63 bits per heavy atom. The molecule has 0 radical (unpaired) electrons. The summed E-state index contributed by atoms with van der Waals surface area (Å²) in [6.07, 6.45) is 0.